The van der Waals surface area contributed by atoms with Gasteiger partial charge in [0.2, 0.25) is 11.8 Å². The van der Waals surface area contributed by atoms with Gasteiger partial charge in [-0.15, -0.1) is 0 Å². The Bertz CT molecular complexity index is 623. The lowest BCUT2D eigenvalue weighted by Gasteiger charge is -2.32. The van der Waals surface area contributed by atoms with Crippen LogP contribution in [0.4, 0.5) is 5.69 Å². The molecule has 1 N–H and O–H groups in total. The highest BCUT2D eigenvalue weighted by Gasteiger charge is 2.36. The first kappa shape index (κ1) is 17.9. The summed E-state index contributed by atoms with van der Waals surface area (Å²) in [6, 6.07) is 8.31. The van der Waals surface area contributed by atoms with Crippen molar-refractivity contribution in [3.8, 4) is 0 Å². The zero-order valence-corrected chi connectivity index (χ0v) is 15.3. The summed E-state index contributed by atoms with van der Waals surface area (Å²) >= 11 is 0. The molecule has 25 heavy (non-hydrogen) atoms. The van der Waals surface area contributed by atoms with Crippen molar-refractivity contribution >= 4 is 17.5 Å². The van der Waals surface area contributed by atoms with Gasteiger partial charge in [0, 0.05) is 37.8 Å². The summed E-state index contributed by atoms with van der Waals surface area (Å²) < 4.78 is 0. The topological polar surface area (TPSA) is 52.7 Å². The Kier molecular flexibility index (Phi) is 5.74. The molecule has 136 valence electrons. The van der Waals surface area contributed by atoms with Gasteiger partial charge in [-0.2, -0.15) is 0 Å². The van der Waals surface area contributed by atoms with Gasteiger partial charge in [0.1, 0.15) is 0 Å². The largest absolute Gasteiger partial charge is 0.353 e. The van der Waals surface area contributed by atoms with Crippen molar-refractivity contribution in [2.45, 2.75) is 45.6 Å². The number of nitrogens with zero attached hydrogens (tertiary/aromatic N) is 2. The third-order valence-electron chi connectivity index (χ3n) is 5.51. The lowest BCUT2D eigenvalue weighted by molar-refractivity contribution is -0.127. The van der Waals surface area contributed by atoms with Crippen molar-refractivity contribution in [2.24, 2.45) is 5.92 Å². The monoisotopic (exact) mass is 343 g/mol. The van der Waals surface area contributed by atoms with Crippen molar-refractivity contribution < 1.29 is 9.59 Å². The van der Waals surface area contributed by atoms with Gasteiger partial charge >= 0.3 is 0 Å². The van der Waals surface area contributed by atoms with Crippen LogP contribution in [0.3, 0.4) is 0 Å². The summed E-state index contributed by atoms with van der Waals surface area (Å²) in [5.74, 6) is -0.145. The van der Waals surface area contributed by atoms with E-state index in [0.717, 1.165) is 44.6 Å². The predicted molar refractivity (Wildman–Crippen MR) is 99.6 cm³/mol. The Morgan fingerprint density at radius 1 is 1.24 bits per heavy atom. The number of anilines is 1. The summed E-state index contributed by atoms with van der Waals surface area (Å²) in [7, 11) is 0. The molecular weight excluding hydrogens is 314 g/mol. The van der Waals surface area contributed by atoms with E-state index in [1.165, 1.54) is 5.56 Å². The minimum absolute atomic E-state index is 0.0393. The second-order valence-electron chi connectivity index (χ2n) is 7.15. The molecule has 2 aliphatic heterocycles. The van der Waals surface area contributed by atoms with Gasteiger partial charge in [0.25, 0.3) is 0 Å². The van der Waals surface area contributed by atoms with Crippen LogP contribution in [-0.4, -0.2) is 48.9 Å². The van der Waals surface area contributed by atoms with E-state index in [4.69, 9.17) is 0 Å². The summed E-state index contributed by atoms with van der Waals surface area (Å²) in [4.78, 5) is 29.2. The molecule has 2 saturated heterocycles. The number of hydrogen-bond donors (Lipinski definition) is 1. The van der Waals surface area contributed by atoms with Crippen molar-refractivity contribution in [3.05, 3.63) is 29.8 Å². The molecule has 0 unspecified atom stereocenters. The van der Waals surface area contributed by atoms with Crippen molar-refractivity contribution in [2.75, 3.05) is 31.1 Å². The number of hydrogen-bond acceptors (Lipinski definition) is 3. The molecular formula is C20H29N3O2. The smallest absolute Gasteiger partial charge is 0.227 e. The van der Waals surface area contributed by atoms with Crippen LogP contribution in [0.5, 0.6) is 0 Å². The number of benzene rings is 1. The Morgan fingerprint density at radius 2 is 2.00 bits per heavy atom. The molecule has 3 rings (SSSR count). The van der Waals surface area contributed by atoms with Gasteiger partial charge in [0.15, 0.2) is 0 Å². The molecule has 1 aromatic rings. The minimum atomic E-state index is -0.234. The fourth-order valence-electron chi connectivity index (χ4n) is 3.79. The maximum absolute atomic E-state index is 12.6. The van der Waals surface area contributed by atoms with Crippen LogP contribution in [0.25, 0.3) is 0 Å². The molecule has 0 spiro atoms. The van der Waals surface area contributed by atoms with Gasteiger partial charge in [-0.05, 0) is 43.5 Å². The number of aryl methyl sites for hydroxylation is 1. The quantitative estimate of drug-likeness (QED) is 0.892. The average Bonchev–Trinajstić information content (AvgIpc) is 3.04. The van der Waals surface area contributed by atoms with Gasteiger partial charge in [-0.25, -0.2) is 0 Å². The van der Waals surface area contributed by atoms with Gasteiger partial charge in [-0.3, -0.25) is 9.59 Å². The maximum atomic E-state index is 12.6. The lowest BCUT2D eigenvalue weighted by Crippen LogP contribution is -2.46. The molecule has 1 aromatic carbocycles. The van der Waals surface area contributed by atoms with Crippen LogP contribution in [0.15, 0.2) is 24.3 Å². The second kappa shape index (κ2) is 8.00. The van der Waals surface area contributed by atoms with Crippen LogP contribution >= 0.6 is 0 Å². The van der Waals surface area contributed by atoms with Gasteiger partial charge in [-0.1, -0.05) is 26.0 Å². The molecule has 0 radical (unpaired) electrons. The number of nitrogens with one attached hydrogen (secondary N) is 1. The van der Waals surface area contributed by atoms with E-state index in [1.54, 1.807) is 4.90 Å². The zero-order chi connectivity index (χ0) is 17.8. The van der Waals surface area contributed by atoms with Crippen molar-refractivity contribution in [1.82, 2.24) is 10.2 Å². The molecule has 0 aliphatic carbocycles. The number of rotatable bonds is 5. The molecule has 5 heteroatoms. The lowest BCUT2D eigenvalue weighted by atomic mass is 10.0. The Hall–Kier alpha value is -1.88. The normalized spacial score (nSPS) is 22.4. The molecule has 2 fully saturated rings. The van der Waals surface area contributed by atoms with E-state index in [-0.39, 0.29) is 23.8 Å². The van der Waals surface area contributed by atoms with Crippen LogP contribution < -0.4 is 10.2 Å². The molecule has 2 amide bonds. The maximum Gasteiger partial charge on any atom is 0.227 e. The number of amides is 2. The third kappa shape index (κ3) is 4.21. The second-order valence-corrected chi connectivity index (χ2v) is 7.15. The summed E-state index contributed by atoms with van der Waals surface area (Å²) in [5, 5.41) is 3.18. The van der Waals surface area contributed by atoms with E-state index in [9.17, 15) is 9.59 Å². The van der Waals surface area contributed by atoms with Crippen LogP contribution in [0, 0.1) is 5.92 Å². The van der Waals surface area contributed by atoms with E-state index < -0.39 is 0 Å². The number of carbonyl (C=O) groups excluding carboxylic acids is 2. The third-order valence-corrected chi connectivity index (χ3v) is 5.51. The van der Waals surface area contributed by atoms with Crippen molar-refractivity contribution in [3.63, 3.8) is 0 Å². The van der Waals surface area contributed by atoms with E-state index in [2.05, 4.69) is 36.2 Å². The number of piperidine rings is 1. The van der Waals surface area contributed by atoms with Crippen molar-refractivity contribution in [1.29, 1.82) is 0 Å². The van der Waals surface area contributed by atoms with Crippen LogP contribution in [-0.2, 0) is 16.0 Å². The molecule has 0 saturated carbocycles. The van der Waals surface area contributed by atoms with Crippen LogP contribution in [0.2, 0.25) is 0 Å². The first-order valence-electron chi connectivity index (χ1n) is 9.52. The Morgan fingerprint density at radius 3 is 2.68 bits per heavy atom. The standard InChI is InChI=1S/C20H29N3O2/c1-3-15-6-5-7-18(12-15)23-14-16(13-19(23)24)20(25)21-17-8-10-22(4-2)11-9-17/h5-7,12,16-17H,3-4,8-11,13-14H2,1-2H3,(H,21,25)/t16-/m1/s1. The van der Waals surface area contributed by atoms with E-state index in [0.29, 0.717) is 13.0 Å². The molecule has 0 bridgehead atoms. The first-order valence-corrected chi connectivity index (χ1v) is 9.52. The summed E-state index contributed by atoms with van der Waals surface area (Å²) in [6.07, 6.45) is 3.26. The van der Waals surface area contributed by atoms with E-state index in [1.807, 2.05) is 12.1 Å². The average molecular weight is 343 g/mol. The molecule has 1 atom stereocenters. The number of likely N-dealkylation sites (tertiary alicyclic amines) is 1. The molecule has 5 nitrogen and oxygen atoms in total. The fraction of sp³-hybridized carbons (Fsp3) is 0.600. The Balaban J connectivity index is 1.57. The highest BCUT2D eigenvalue weighted by molar-refractivity contribution is 6.00. The SMILES string of the molecule is CCc1cccc(N2C[C@H](C(=O)NC3CCN(CC)CC3)CC2=O)c1. The summed E-state index contributed by atoms with van der Waals surface area (Å²) in [5.41, 5.74) is 2.12. The Labute approximate surface area is 150 Å². The first-order chi connectivity index (χ1) is 12.1. The molecule has 2 aliphatic rings. The molecule has 2 heterocycles. The zero-order valence-electron chi connectivity index (χ0n) is 15.3. The van der Waals surface area contributed by atoms with E-state index >= 15 is 0 Å². The number of carbonyl (C=O) groups is 2. The fourth-order valence-corrected chi connectivity index (χ4v) is 3.79. The predicted octanol–water partition coefficient (Wildman–Crippen LogP) is 2.20. The highest BCUT2D eigenvalue weighted by Crippen LogP contribution is 2.26. The highest BCUT2D eigenvalue weighted by atomic mass is 16.2. The van der Waals surface area contributed by atoms with Gasteiger partial charge < -0.3 is 15.1 Å². The van der Waals surface area contributed by atoms with Gasteiger partial charge in [0.05, 0.1) is 5.92 Å². The molecule has 0 aromatic heterocycles. The van der Waals surface area contributed by atoms with Crippen LogP contribution in [0.1, 0.15) is 38.7 Å². The minimum Gasteiger partial charge on any atom is -0.353 e. The summed E-state index contributed by atoms with van der Waals surface area (Å²) in [6.45, 7) is 7.92.